The number of hydrogen-bond donors (Lipinski definition) is 1. The van der Waals surface area contributed by atoms with Gasteiger partial charge in [-0.05, 0) is 103 Å². The molecule has 0 amide bonds. The number of nitrogens with zero attached hydrogens (tertiary/aromatic N) is 3. The average molecular weight is 603 g/mol. The predicted octanol–water partition coefficient (Wildman–Crippen LogP) is 6.97. The normalized spacial score (nSPS) is 22.1. The number of likely N-dealkylation sites (tertiary alicyclic amines) is 1. The van der Waals surface area contributed by atoms with E-state index < -0.39 is 35.3 Å². The van der Waals surface area contributed by atoms with Gasteiger partial charge in [0.25, 0.3) is 5.92 Å². The number of halogens is 3. The summed E-state index contributed by atoms with van der Waals surface area (Å²) in [5, 5.41) is 3.32. The van der Waals surface area contributed by atoms with Crippen molar-refractivity contribution in [3.8, 4) is 0 Å². The van der Waals surface area contributed by atoms with Crippen molar-refractivity contribution in [3.63, 3.8) is 0 Å². The van der Waals surface area contributed by atoms with Gasteiger partial charge >= 0.3 is 5.97 Å². The highest BCUT2D eigenvalue weighted by Gasteiger charge is 2.47. The largest absolute Gasteiger partial charge is 0.459 e. The van der Waals surface area contributed by atoms with Crippen molar-refractivity contribution in [2.75, 3.05) is 31.6 Å². The molecule has 1 unspecified atom stereocenters. The zero-order valence-corrected chi connectivity index (χ0v) is 25.6. The first-order chi connectivity index (χ1) is 20.5. The smallest absolute Gasteiger partial charge is 0.328 e. The van der Waals surface area contributed by atoms with Crippen LogP contribution in [0.25, 0.3) is 0 Å². The average Bonchev–Trinajstić information content (AvgIpc) is 3.46. The third kappa shape index (κ3) is 8.06. The molecule has 1 N–H and O–H groups in total. The highest BCUT2D eigenvalue weighted by atomic mass is 19.3. The molecule has 0 aliphatic carbocycles. The lowest BCUT2D eigenvalue weighted by Crippen LogP contribution is -2.39. The fraction of sp³-hybridized carbons (Fsp3) is 0.667. The van der Waals surface area contributed by atoms with Gasteiger partial charge in [-0.25, -0.2) is 22.9 Å². The van der Waals surface area contributed by atoms with E-state index in [2.05, 4.69) is 21.4 Å². The van der Waals surface area contributed by atoms with Crippen LogP contribution in [0.15, 0.2) is 24.4 Å². The number of pyridine rings is 2. The van der Waals surface area contributed by atoms with Crippen molar-refractivity contribution >= 4 is 11.8 Å². The maximum atomic E-state index is 15.6. The third-order valence-corrected chi connectivity index (χ3v) is 8.65. The number of anilines is 1. The van der Waals surface area contributed by atoms with Crippen molar-refractivity contribution in [3.05, 3.63) is 52.7 Å². The predicted molar refractivity (Wildman–Crippen MR) is 159 cm³/mol. The summed E-state index contributed by atoms with van der Waals surface area (Å²) in [6, 6.07) is 4.34. The second-order valence-electron chi connectivity index (χ2n) is 13.2. The molecule has 2 fully saturated rings. The van der Waals surface area contributed by atoms with Gasteiger partial charge in [0.05, 0.1) is 18.0 Å². The van der Waals surface area contributed by atoms with Crippen LogP contribution < -0.4 is 5.32 Å². The third-order valence-electron chi connectivity index (χ3n) is 8.65. The number of unbranched alkanes of at least 4 members (excludes halogenated alkanes) is 1. The zero-order valence-electron chi connectivity index (χ0n) is 25.6. The van der Waals surface area contributed by atoms with Crippen molar-refractivity contribution in [2.45, 2.75) is 109 Å². The molecule has 2 aromatic rings. The van der Waals surface area contributed by atoms with Gasteiger partial charge in [-0.15, -0.1) is 0 Å². The Morgan fingerprint density at radius 3 is 2.79 bits per heavy atom. The van der Waals surface area contributed by atoms with E-state index in [0.29, 0.717) is 43.5 Å². The molecule has 5 heterocycles. The van der Waals surface area contributed by atoms with E-state index >= 15 is 8.78 Å². The van der Waals surface area contributed by atoms with Crippen molar-refractivity contribution in [1.82, 2.24) is 14.9 Å². The number of hydrogen-bond acceptors (Lipinski definition) is 7. The molecule has 3 atom stereocenters. The summed E-state index contributed by atoms with van der Waals surface area (Å²) in [5.74, 6) is -4.07. The summed E-state index contributed by atoms with van der Waals surface area (Å²) < 4.78 is 57.4. The minimum absolute atomic E-state index is 0.0104. The highest BCUT2D eigenvalue weighted by molar-refractivity contribution is 5.78. The van der Waals surface area contributed by atoms with Gasteiger partial charge in [0.2, 0.25) is 0 Å². The molecule has 43 heavy (non-hydrogen) atoms. The Hall–Kier alpha value is -2.72. The maximum absolute atomic E-state index is 15.6. The van der Waals surface area contributed by atoms with Crippen molar-refractivity contribution in [2.24, 2.45) is 5.92 Å². The van der Waals surface area contributed by atoms with Gasteiger partial charge < -0.3 is 14.8 Å². The summed E-state index contributed by atoms with van der Waals surface area (Å²) >= 11 is 0. The number of alkyl halides is 2. The van der Waals surface area contributed by atoms with Gasteiger partial charge in [0.1, 0.15) is 23.3 Å². The van der Waals surface area contributed by atoms with E-state index in [0.717, 1.165) is 49.9 Å². The summed E-state index contributed by atoms with van der Waals surface area (Å²) in [5.41, 5.74) is 2.16. The fourth-order valence-corrected chi connectivity index (χ4v) is 6.49. The summed E-state index contributed by atoms with van der Waals surface area (Å²) in [4.78, 5) is 24.4. The molecule has 0 radical (unpaired) electrons. The number of carbonyl (C=O) groups excluding carboxylic acids is 1. The monoisotopic (exact) mass is 602 g/mol. The number of aromatic nitrogens is 2. The Morgan fingerprint density at radius 2 is 2.02 bits per heavy atom. The quantitative estimate of drug-likeness (QED) is 0.233. The Morgan fingerprint density at radius 1 is 1.19 bits per heavy atom. The Bertz CT molecular complexity index is 1260. The topological polar surface area (TPSA) is 76.6 Å². The molecular weight excluding hydrogens is 557 g/mol. The van der Waals surface area contributed by atoms with E-state index in [1.165, 1.54) is 11.6 Å². The van der Waals surface area contributed by atoms with Crippen LogP contribution in [0, 0.1) is 11.7 Å². The second-order valence-corrected chi connectivity index (χ2v) is 13.2. The lowest BCUT2D eigenvalue weighted by atomic mass is 9.94. The van der Waals surface area contributed by atoms with Gasteiger partial charge in [0.15, 0.2) is 0 Å². The number of aryl methyl sites for hydroxylation is 2. The number of fused-ring (bicyclic) bond motifs is 1. The molecular formula is C33H45F3N4O3. The number of ether oxygens (including phenoxy) is 2. The number of esters is 1. The van der Waals surface area contributed by atoms with E-state index in [-0.39, 0.29) is 32.0 Å². The Balaban J connectivity index is 1.26. The van der Waals surface area contributed by atoms with Crippen LogP contribution in [0.3, 0.4) is 0 Å². The lowest BCUT2D eigenvalue weighted by molar-refractivity contribution is -0.162. The second kappa shape index (κ2) is 13.5. The fourth-order valence-electron chi connectivity index (χ4n) is 6.49. The molecule has 3 aliphatic heterocycles. The van der Waals surface area contributed by atoms with E-state index in [4.69, 9.17) is 9.47 Å². The molecule has 5 rings (SSSR count). The molecule has 3 aliphatic rings. The van der Waals surface area contributed by atoms with Crippen molar-refractivity contribution < 1.29 is 27.4 Å². The van der Waals surface area contributed by atoms with Crippen LogP contribution in [-0.4, -0.2) is 58.6 Å². The standard InChI is InChI=1S/C33H45F3N4O3/c1-32(2,3)43-31(41)29(26-19-24(34)20-38-28(26)27-11-5-7-18-42-27)40-17-14-23(21-40)33(35,36)15-6-4-10-25-13-12-22-9-8-16-37-30(22)39-25/h12-13,19-20,23,27,29H,4-11,14-18,21H2,1-3H3,(H,37,39)/t23-,27+,29?/m1/s1. The van der Waals surface area contributed by atoms with E-state index in [1.54, 1.807) is 25.7 Å². The Labute approximate surface area is 252 Å². The first-order valence-corrected chi connectivity index (χ1v) is 15.8. The van der Waals surface area contributed by atoms with Crippen LogP contribution in [0.4, 0.5) is 19.0 Å². The number of rotatable bonds is 10. The van der Waals surface area contributed by atoms with Crippen LogP contribution >= 0.6 is 0 Å². The maximum Gasteiger partial charge on any atom is 0.328 e. The van der Waals surface area contributed by atoms with E-state index in [1.807, 2.05) is 6.07 Å². The van der Waals surface area contributed by atoms with Crippen LogP contribution in [0.1, 0.15) is 107 Å². The lowest BCUT2D eigenvalue weighted by Gasteiger charge is -2.33. The summed E-state index contributed by atoms with van der Waals surface area (Å²) in [6.07, 6.45) is 7.07. The highest BCUT2D eigenvalue weighted by Crippen LogP contribution is 2.42. The molecule has 10 heteroatoms. The molecule has 2 aromatic heterocycles. The number of carbonyl (C=O) groups is 1. The summed E-state index contributed by atoms with van der Waals surface area (Å²) in [6.45, 7) is 7.02. The Kier molecular flexibility index (Phi) is 9.96. The SMILES string of the molecule is CC(C)(C)OC(=O)C(c1cc(F)cnc1[C@@H]1CCCCO1)N1CC[C@@H](C(F)(F)CCCCc2ccc3c(n2)NCCC3)C1. The zero-order chi connectivity index (χ0) is 30.6. The molecule has 0 aromatic carbocycles. The van der Waals surface area contributed by atoms with E-state index in [9.17, 15) is 9.18 Å². The first-order valence-electron chi connectivity index (χ1n) is 15.8. The number of nitrogens with one attached hydrogen (secondary N) is 1. The van der Waals surface area contributed by atoms with Gasteiger partial charge in [-0.3, -0.25) is 9.88 Å². The van der Waals surface area contributed by atoms with Gasteiger partial charge in [-0.2, -0.15) is 0 Å². The van der Waals surface area contributed by atoms with Crippen molar-refractivity contribution in [1.29, 1.82) is 0 Å². The summed E-state index contributed by atoms with van der Waals surface area (Å²) in [7, 11) is 0. The first kappa shape index (κ1) is 31.7. The molecule has 0 spiro atoms. The van der Waals surface area contributed by atoms with Gasteiger partial charge in [-0.1, -0.05) is 6.07 Å². The molecule has 236 valence electrons. The van der Waals surface area contributed by atoms with Crippen LogP contribution in [0.2, 0.25) is 0 Å². The minimum Gasteiger partial charge on any atom is -0.459 e. The van der Waals surface area contributed by atoms with Crippen LogP contribution in [-0.2, 0) is 27.1 Å². The van der Waals surface area contributed by atoms with Crippen LogP contribution in [0.5, 0.6) is 0 Å². The van der Waals surface area contributed by atoms with Gasteiger partial charge in [0, 0.05) is 43.3 Å². The molecule has 0 saturated carbocycles. The molecule has 0 bridgehead atoms. The molecule has 2 saturated heterocycles. The minimum atomic E-state index is -2.90. The molecule has 7 nitrogen and oxygen atoms in total.